The summed E-state index contributed by atoms with van der Waals surface area (Å²) in [5, 5.41) is 1.91. The summed E-state index contributed by atoms with van der Waals surface area (Å²) < 4.78 is 76.0. The van der Waals surface area contributed by atoms with Crippen LogP contribution in [0.1, 0.15) is 87.2 Å². The molecule has 0 unspecified atom stereocenters. The number of ether oxygens (including phenoxy) is 1. The van der Waals surface area contributed by atoms with Gasteiger partial charge in [-0.2, -0.15) is 18.2 Å². The molecule has 72 heavy (non-hydrogen) atoms. The van der Waals surface area contributed by atoms with Gasteiger partial charge in [-0.3, -0.25) is 4.57 Å². The standard InChI is InChI=1S/C66H58N4O.Pt/c1-64(2,3)49-38-47(39-50(40-49)65(4,5)6)55-29-20-28-54(46-21-11-9-12-22-46)63(55)69-44-68(59-31-17-18-32-60(59)69)51-25-19-26-52(41-51)71-53-33-34-57-56-27-15-16-30-58(56)70(61(57)42-53)62-37-45(35-36-67-62)43-66(7,8)48-23-13-10-14-24-48;/h9-40H,43H2,1-8H3;/q-2;/i9D,11D,12D,21D,22D,43D2;. The van der Waals surface area contributed by atoms with Crippen molar-refractivity contribution in [2.75, 3.05) is 0 Å². The molecule has 0 radical (unpaired) electrons. The van der Waals surface area contributed by atoms with Gasteiger partial charge in [0.05, 0.1) is 23.6 Å². The first-order valence-corrected chi connectivity index (χ1v) is 24.0. The van der Waals surface area contributed by atoms with E-state index in [2.05, 4.69) is 84.3 Å². The fraction of sp³-hybridized carbons (Fsp3) is 0.182. The van der Waals surface area contributed by atoms with Gasteiger partial charge in [0.1, 0.15) is 5.82 Å². The Kier molecular flexibility index (Phi) is 10.6. The summed E-state index contributed by atoms with van der Waals surface area (Å²) in [5.74, 6) is 1.39. The van der Waals surface area contributed by atoms with Crippen molar-refractivity contribution in [1.29, 1.82) is 0 Å². The number of rotatable bonds is 10. The monoisotopic (exact) mass is 1120 g/mol. The maximum Gasteiger partial charge on any atom is 0.268 e. The Morgan fingerprint density at radius 2 is 1.25 bits per heavy atom. The van der Waals surface area contributed by atoms with E-state index in [-0.39, 0.29) is 49.5 Å². The third kappa shape index (κ3) is 9.23. The van der Waals surface area contributed by atoms with E-state index in [1.54, 1.807) is 12.3 Å². The minimum atomic E-state index is -1.77. The minimum Gasteiger partial charge on any atom is -0.510 e. The number of hydrogen-bond acceptors (Lipinski definition) is 2. The van der Waals surface area contributed by atoms with E-state index in [0.717, 1.165) is 55.1 Å². The molecule has 5 nitrogen and oxygen atoms in total. The second-order valence-electron chi connectivity index (χ2n) is 20.7. The molecule has 3 aromatic heterocycles. The Morgan fingerprint density at radius 3 is 1.99 bits per heavy atom. The van der Waals surface area contributed by atoms with Crippen LogP contribution in [0.15, 0.2) is 194 Å². The number of benzene rings is 8. The van der Waals surface area contributed by atoms with Crippen molar-refractivity contribution >= 4 is 32.8 Å². The topological polar surface area (TPSA) is 35.9 Å². The fourth-order valence-electron chi connectivity index (χ4n) is 9.48. The second-order valence-corrected chi connectivity index (χ2v) is 20.7. The van der Waals surface area contributed by atoms with Crippen LogP contribution in [0.2, 0.25) is 0 Å². The van der Waals surface area contributed by atoms with Gasteiger partial charge in [-0.1, -0.05) is 200 Å². The molecular weight excluding hydrogens is 1060 g/mol. The van der Waals surface area contributed by atoms with E-state index < -0.39 is 29.9 Å². The normalized spacial score (nSPS) is 13.7. The molecule has 0 fully saturated rings. The van der Waals surface area contributed by atoms with E-state index in [1.807, 2.05) is 155 Å². The molecule has 360 valence electrons. The molecule has 0 spiro atoms. The maximum atomic E-state index is 9.52. The summed E-state index contributed by atoms with van der Waals surface area (Å²) in [6.07, 6.45) is 3.55. The number of pyridine rings is 1. The van der Waals surface area contributed by atoms with Crippen LogP contribution in [0.4, 0.5) is 0 Å². The van der Waals surface area contributed by atoms with E-state index in [1.165, 1.54) is 0 Å². The van der Waals surface area contributed by atoms with Gasteiger partial charge in [-0.05, 0) is 96.4 Å². The van der Waals surface area contributed by atoms with Crippen LogP contribution in [-0.4, -0.2) is 14.1 Å². The van der Waals surface area contributed by atoms with Crippen molar-refractivity contribution in [3.63, 3.8) is 0 Å². The van der Waals surface area contributed by atoms with Crippen LogP contribution in [0, 0.1) is 18.5 Å². The van der Waals surface area contributed by atoms with E-state index in [0.29, 0.717) is 45.3 Å². The molecular formula is C66H58N4OPt-2. The molecule has 0 amide bonds. The second kappa shape index (κ2) is 19.0. The Morgan fingerprint density at radius 1 is 0.597 bits per heavy atom. The number of aromatic nitrogens is 4. The van der Waals surface area contributed by atoms with Crippen molar-refractivity contribution in [1.82, 2.24) is 14.1 Å². The van der Waals surface area contributed by atoms with Crippen LogP contribution < -0.4 is 9.30 Å². The Labute approximate surface area is 448 Å². The van der Waals surface area contributed by atoms with Gasteiger partial charge in [0.15, 0.2) is 0 Å². The number of nitrogens with zero attached hydrogens (tertiary/aromatic N) is 4. The van der Waals surface area contributed by atoms with Crippen molar-refractivity contribution in [3.05, 3.63) is 235 Å². The third-order valence-electron chi connectivity index (χ3n) is 13.3. The van der Waals surface area contributed by atoms with Crippen LogP contribution in [0.5, 0.6) is 11.5 Å². The average molecular weight is 1130 g/mol. The van der Waals surface area contributed by atoms with Crippen LogP contribution in [0.25, 0.3) is 72.3 Å². The van der Waals surface area contributed by atoms with Crippen molar-refractivity contribution in [3.8, 4) is 50.9 Å². The fourth-order valence-corrected chi connectivity index (χ4v) is 9.48. The summed E-state index contributed by atoms with van der Waals surface area (Å²) >= 11 is 0. The summed E-state index contributed by atoms with van der Waals surface area (Å²) in [7, 11) is 0. The van der Waals surface area contributed by atoms with E-state index in [4.69, 9.17) is 13.8 Å². The zero-order chi connectivity index (χ0) is 55.2. The molecule has 0 aliphatic carbocycles. The molecule has 0 aliphatic rings. The van der Waals surface area contributed by atoms with Crippen molar-refractivity contribution < 1.29 is 40.0 Å². The van der Waals surface area contributed by atoms with Gasteiger partial charge in [0.25, 0.3) is 6.33 Å². The molecule has 8 aromatic carbocycles. The van der Waals surface area contributed by atoms with Crippen LogP contribution in [-0.2, 0) is 43.7 Å². The summed E-state index contributed by atoms with van der Waals surface area (Å²) in [5.41, 5.74) is 8.96. The quantitative estimate of drug-likeness (QED) is 0.101. The molecule has 0 saturated carbocycles. The largest absolute Gasteiger partial charge is 0.510 e. The molecule has 6 heteroatoms. The third-order valence-corrected chi connectivity index (χ3v) is 13.3. The number of para-hydroxylation sites is 4. The van der Waals surface area contributed by atoms with Gasteiger partial charge < -0.3 is 13.9 Å². The zero-order valence-corrected chi connectivity index (χ0v) is 43.9. The average Bonchev–Trinajstić information content (AvgIpc) is 4.22. The first-order chi connectivity index (χ1) is 37.0. The summed E-state index contributed by atoms with van der Waals surface area (Å²) in [6, 6.07) is 56.4. The van der Waals surface area contributed by atoms with Gasteiger partial charge >= 0.3 is 0 Å². The first kappa shape index (κ1) is 40.3. The van der Waals surface area contributed by atoms with E-state index in [9.17, 15) is 5.48 Å². The SMILES string of the molecule is [2H]c1c([2H])c([2H])c(-c2cccc(-c3cc(C(C)(C)C)cc(C(C)(C)C)c3)c2-[n+]2[c-]n(-c3[c-]c(Oc4[c-]c5c(cc4)c4ccccc4n5-c4cc(C([2H])([2H])C(C)(C)c5ccccc5)ccn4)ccc3)c3ccccc32)c([2H])c1[2H].[Pt]. The van der Waals surface area contributed by atoms with Crippen molar-refractivity contribution in [2.45, 2.75) is 78.0 Å². The number of hydrogen-bond donors (Lipinski definition) is 0. The smallest absolute Gasteiger partial charge is 0.268 e. The predicted molar refractivity (Wildman–Crippen MR) is 291 cm³/mol. The van der Waals surface area contributed by atoms with Gasteiger partial charge in [0, 0.05) is 47.0 Å². The van der Waals surface area contributed by atoms with Gasteiger partial charge in [0.2, 0.25) is 0 Å². The number of imidazole rings is 1. The molecule has 0 bridgehead atoms. The Balaban J connectivity index is 0.00000704. The summed E-state index contributed by atoms with van der Waals surface area (Å²) in [6.45, 7) is 17.0. The Hall–Kier alpha value is -7.33. The first-order valence-electron chi connectivity index (χ1n) is 27.5. The molecule has 0 atom stereocenters. The molecule has 3 heterocycles. The van der Waals surface area contributed by atoms with Crippen LogP contribution >= 0.6 is 0 Å². The Bertz CT molecular complexity index is 4110. The van der Waals surface area contributed by atoms with E-state index >= 15 is 0 Å². The molecule has 0 saturated heterocycles. The van der Waals surface area contributed by atoms with Crippen molar-refractivity contribution in [2.24, 2.45) is 0 Å². The molecule has 0 N–H and O–H groups in total. The predicted octanol–water partition coefficient (Wildman–Crippen LogP) is 16.0. The van der Waals surface area contributed by atoms with Gasteiger partial charge in [-0.25, -0.2) is 4.98 Å². The summed E-state index contributed by atoms with van der Waals surface area (Å²) in [4.78, 5) is 4.83. The molecule has 11 aromatic rings. The minimum absolute atomic E-state index is 0. The van der Waals surface area contributed by atoms with Crippen LogP contribution in [0.3, 0.4) is 0 Å². The maximum absolute atomic E-state index is 9.52. The number of fused-ring (bicyclic) bond motifs is 4. The zero-order valence-electron chi connectivity index (χ0n) is 48.6. The molecule has 11 rings (SSSR count). The van der Waals surface area contributed by atoms with Gasteiger partial charge in [-0.15, -0.1) is 29.7 Å². The molecule has 0 aliphatic heterocycles.